The van der Waals surface area contributed by atoms with Gasteiger partial charge in [-0.05, 0) is 37.0 Å². The van der Waals surface area contributed by atoms with E-state index in [1.165, 1.54) is 32.1 Å². The fourth-order valence-electron chi connectivity index (χ4n) is 2.87. The largest absolute Gasteiger partial charge is 0.389 e. The lowest BCUT2D eigenvalue weighted by Crippen LogP contribution is -2.31. The number of nitrogens with two attached hydrogens (primary N) is 1. The van der Waals surface area contributed by atoms with E-state index in [2.05, 4.69) is 12.2 Å². The summed E-state index contributed by atoms with van der Waals surface area (Å²) >= 11 is 11.3. The molecule has 4 heteroatoms. The van der Waals surface area contributed by atoms with Crippen LogP contribution in [0.1, 0.15) is 44.6 Å². The molecule has 0 spiro atoms. The average Bonchev–Trinajstić information content (AvgIpc) is 2.41. The Labute approximate surface area is 125 Å². The lowest BCUT2D eigenvalue weighted by Gasteiger charge is -2.32. The third kappa shape index (κ3) is 3.61. The minimum Gasteiger partial charge on any atom is -0.389 e. The molecule has 0 saturated heterocycles. The van der Waals surface area contributed by atoms with E-state index in [0.717, 1.165) is 17.2 Å². The maximum absolute atomic E-state index is 6.31. The molecule has 0 heterocycles. The topological polar surface area (TPSA) is 38.0 Å². The highest BCUT2D eigenvalue weighted by atomic mass is 35.5. The molecule has 1 aliphatic rings. The van der Waals surface area contributed by atoms with Gasteiger partial charge >= 0.3 is 0 Å². The van der Waals surface area contributed by atoms with Gasteiger partial charge in [0, 0.05) is 11.6 Å². The van der Waals surface area contributed by atoms with Crippen molar-refractivity contribution in [1.29, 1.82) is 0 Å². The Balaban J connectivity index is 2.11. The van der Waals surface area contributed by atoms with E-state index >= 15 is 0 Å². The molecule has 0 aliphatic heterocycles. The summed E-state index contributed by atoms with van der Waals surface area (Å²) in [4.78, 5) is 0.387. The van der Waals surface area contributed by atoms with E-state index in [4.69, 9.17) is 29.6 Å². The van der Waals surface area contributed by atoms with Crippen LogP contribution in [0.4, 0.5) is 5.69 Å². The van der Waals surface area contributed by atoms with Crippen molar-refractivity contribution in [2.24, 2.45) is 11.7 Å². The second-order valence-corrected chi connectivity index (χ2v) is 6.11. The molecular formula is C15H21ClN2S. The zero-order chi connectivity index (χ0) is 13.8. The molecule has 2 atom stereocenters. The molecule has 1 saturated carbocycles. The molecule has 0 bridgehead atoms. The fraction of sp³-hybridized carbons (Fsp3) is 0.533. The van der Waals surface area contributed by atoms with Crippen molar-refractivity contribution < 1.29 is 0 Å². The van der Waals surface area contributed by atoms with Crippen LogP contribution in [0.3, 0.4) is 0 Å². The van der Waals surface area contributed by atoms with Crippen LogP contribution in [0.5, 0.6) is 0 Å². The van der Waals surface area contributed by atoms with Gasteiger partial charge in [-0.2, -0.15) is 0 Å². The molecule has 1 aromatic carbocycles. The van der Waals surface area contributed by atoms with Crippen LogP contribution in [0.15, 0.2) is 18.2 Å². The number of anilines is 1. The molecule has 3 N–H and O–H groups in total. The number of thiocarbonyl (C=S) groups is 1. The van der Waals surface area contributed by atoms with Crippen LogP contribution < -0.4 is 11.1 Å². The Hall–Kier alpha value is -0.800. The number of hydrogen-bond donors (Lipinski definition) is 2. The third-order valence-corrected chi connectivity index (χ3v) is 4.58. The van der Waals surface area contributed by atoms with Crippen LogP contribution in [0.25, 0.3) is 0 Å². The van der Waals surface area contributed by atoms with Gasteiger partial charge in [0.05, 0.1) is 10.7 Å². The maximum Gasteiger partial charge on any atom is 0.104 e. The van der Waals surface area contributed by atoms with E-state index in [9.17, 15) is 0 Å². The first-order valence-electron chi connectivity index (χ1n) is 6.97. The molecule has 2 unspecified atom stereocenters. The van der Waals surface area contributed by atoms with Gasteiger partial charge < -0.3 is 11.1 Å². The number of halogens is 1. The van der Waals surface area contributed by atoms with Crippen molar-refractivity contribution in [3.63, 3.8) is 0 Å². The van der Waals surface area contributed by atoms with E-state index in [1.807, 2.05) is 18.2 Å². The molecule has 1 aliphatic carbocycles. The lowest BCUT2D eigenvalue weighted by atomic mass is 9.83. The minimum atomic E-state index is 0.387. The first-order chi connectivity index (χ1) is 9.11. The Kier molecular flexibility index (Phi) is 5.06. The summed E-state index contributed by atoms with van der Waals surface area (Å²) in [7, 11) is 0. The highest BCUT2D eigenvalue weighted by molar-refractivity contribution is 7.80. The zero-order valence-electron chi connectivity index (χ0n) is 11.3. The van der Waals surface area contributed by atoms with Gasteiger partial charge in [-0.25, -0.2) is 0 Å². The number of hydrogen-bond acceptors (Lipinski definition) is 2. The van der Waals surface area contributed by atoms with Crippen molar-refractivity contribution in [2.75, 3.05) is 5.32 Å². The number of nitrogens with one attached hydrogen (secondary N) is 1. The van der Waals surface area contributed by atoms with E-state index in [-0.39, 0.29) is 0 Å². The van der Waals surface area contributed by atoms with Crippen LogP contribution in [0, 0.1) is 5.92 Å². The van der Waals surface area contributed by atoms with Gasteiger partial charge in [0.15, 0.2) is 0 Å². The summed E-state index contributed by atoms with van der Waals surface area (Å²) in [6.07, 6.45) is 6.42. The van der Waals surface area contributed by atoms with Gasteiger partial charge in [-0.3, -0.25) is 0 Å². The summed E-state index contributed by atoms with van der Waals surface area (Å²) in [6, 6.07) is 6.29. The quantitative estimate of drug-likeness (QED) is 0.811. The van der Waals surface area contributed by atoms with Crippen molar-refractivity contribution in [2.45, 2.75) is 45.1 Å². The van der Waals surface area contributed by atoms with Crippen LogP contribution in [-0.4, -0.2) is 11.0 Å². The van der Waals surface area contributed by atoms with Crippen LogP contribution >= 0.6 is 23.8 Å². The van der Waals surface area contributed by atoms with Crippen molar-refractivity contribution in [3.05, 3.63) is 28.8 Å². The zero-order valence-corrected chi connectivity index (χ0v) is 12.9. The highest BCUT2D eigenvalue weighted by Crippen LogP contribution is 2.32. The Morgan fingerprint density at radius 1 is 1.42 bits per heavy atom. The van der Waals surface area contributed by atoms with E-state index in [0.29, 0.717) is 16.1 Å². The summed E-state index contributed by atoms with van der Waals surface area (Å²) in [6.45, 7) is 2.27. The van der Waals surface area contributed by atoms with Crippen LogP contribution in [-0.2, 0) is 0 Å². The molecule has 0 radical (unpaired) electrons. The molecule has 1 aromatic rings. The molecule has 2 nitrogen and oxygen atoms in total. The molecule has 19 heavy (non-hydrogen) atoms. The highest BCUT2D eigenvalue weighted by Gasteiger charge is 2.23. The standard InChI is InChI=1S/C15H21ClN2S/c1-2-10-5-3-4-6-13(10)18-14-8-7-11(15(17)19)9-12(14)16/h7-10,13,18H,2-6H2,1H3,(H2,17,19). The van der Waals surface area contributed by atoms with Crippen molar-refractivity contribution >= 4 is 34.5 Å². The molecule has 1 fully saturated rings. The smallest absolute Gasteiger partial charge is 0.104 e. The summed E-state index contributed by atoms with van der Waals surface area (Å²) in [5, 5.41) is 4.30. The normalized spacial score (nSPS) is 23.1. The second kappa shape index (κ2) is 6.58. The van der Waals surface area contributed by atoms with Crippen molar-refractivity contribution in [3.8, 4) is 0 Å². The first kappa shape index (κ1) is 14.6. The lowest BCUT2D eigenvalue weighted by molar-refractivity contribution is 0.317. The molecule has 2 rings (SSSR count). The Morgan fingerprint density at radius 3 is 2.79 bits per heavy atom. The van der Waals surface area contributed by atoms with Crippen molar-refractivity contribution in [1.82, 2.24) is 0 Å². The molecule has 0 amide bonds. The van der Waals surface area contributed by atoms with Gasteiger partial charge in [-0.1, -0.05) is 50.0 Å². The van der Waals surface area contributed by atoms with Gasteiger partial charge in [-0.15, -0.1) is 0 Å². The first-order valence-corrected chi connectivity index (χ1v) is 7.76. The van der Waals surface area contributed by atoms with E-state index < -0.39 is 0 Å². The SMILES string of the molecule is CCC1CCCCC1Nc1ccc(C(N)=S)cc1Cl. The third-order valence-electron chi connectivity index (χ3n) is 4.03. The van der Waals surface area contributed by atoms with Crippen LogP contribution in [0.2, 0.25) is 5.02 Å². The second-order valence-electron chi connectivity index (χ2n) is 5.26. The van der Waals surface area contributed by atoms with Gasteiger partial charge in [0.2, 0.25) is 0 Å². The number of benzene rings is 1. The summed E-state index contributed by atoms with van der Waals surface area (Å²) in [5.74, 6) is 0.750. The fourth-order valence-corrected chi connectivity index (χ4v) is 3.23. The maximum atomic E-state index is 6.31. The Morgan fingerprint density at radius 2 is 2.16 bits per heavy atom. The molecule has 0 aromatic heterocycles. The minimum absolute atomic E-state index is 0.387. The Bertz CT molecular complexity index is 461. The summed E-state index contributed by atoms with van der Waals surface area (Å²) in [5.41, 5.74) is 7.43. The molecular weight excluding hydrogens is 276 g/mol. The van der Waals surface area contributed by atoms with Gasteiger partial charge in [0.1, 0.15) is 4.99 Å². The predicted octanol–water partition coefficient (Wildman–Crippen LogP) is 4.35. The predicted molar refractivity (Wildman–Crippen MR) is 87.0 cm³/mol. The van der Waals surface area contributed by atoms with E-state index in [1.54, 1.807) is 0 Å². The number of rotatable bonds is 4. The molecule has 104 valence electrons. The van der Waals surface area contributed by atoms with Gasteiger partial charge in [0.25, 0.3) is 0 Å². The monoisotopic (exact) mass is 296 g/mol. The summed E-state index contributed by atoms with van der Waals surface area (Å²) < 4.78 is 0. The average molecular weight is 297 g/mol.